The average molecular weight is 328 g/mol. The molecular formula is C18H23F3O2. The molecule has 0 bridgehead atoms. The van der Waals surface area contributed by atoms with E-state index >= 15 is 0 Å². The van der Waals surface area contributed by atoms with Gasteiger partial charge in [0.2, 0.25) is 0 Å². The molecular weight excluding hydrogens is 305 g/mol. The van der Waals surface area contributed by atoms with E-state index in [2.05, 4.69) is 6.92 Å². The van der Waals surface area contributed by atoms with Crippen LogP contribution in [0.15, 0.2) is 12.1 Å². The number of ether oxygens (including phenoxy) is 2. The first kappa shape index (κ1) is 16.8. The van der Waals surface area contributed by atoms with Crippen LogP contribution in [0.2, 0.25) is 0 Å². The molecule has 0 unspecified atom stereocenters. The molecule has 23 heavy (non-hydrogen) atoms. The molecule has 1 aromatic carbocycles. The van der Waals surface area contributed by atoms with Crippen LogP contribution in [-0.4, -0.2) is 19.5 Å². The van der Waals surface area contributed by atoms with Crippen LogP contribution >= 0.6 is 0 Å². The van der Waals surface area contributed by atoms with Crippen LogP contribution in [-0.2, 0) is 9.47 Å². The summed E-state index contributed by atoms with van der Waals surface area (Å²) in [6, 6.07) is 2.39. The first-order valence-electron chi connectivity index (χ1n) is 8.46. The molecule has 1 saturated carbocycles. The van der Waals surface area contributed by atoms with E-state index in [-0.39, 0.29) is 12.2 Å². The van der Waals surface area contributed by atoms with E-state index < -0.39 is 17.5 Å². The molecule has 128 valence electrons. The lowest BCUT2D eigenvalue weighted by Gasteiger charge is -2.37. The van der Waals surface area contributed by atoms with Crippen molar-refractivity contribution in [3.8, 4) is 0 Å². The molecule has 0 spiro atoms. The molecule has 0 N–H and O–H groups in total. The SMILES string of the molecule is CCC1COC(C2CCC(c3ccc(F)c(F)c3F)CC2)OC1. The summed E-state index contributed by atoms with van der Waals surface area (Å²) in [4.78, 5) is 0. The predicted molar refractivity (Wildman–Crippen MR) is 80.5 cm³/mol. The van der Waals surface area contributed by atoms with Gasteiger partial charge >= 0.3 is 0 Å². The quantitative estimate of drug-likeness (QED) is 0.744. The molecule has 0 amide bonds. The van der Waals surface area contributed by atoms with Gasteiger partial charge in [0.25, 0.3) is 0 Å². The molecule has 5 heteroatoms. The third-order valence-corrected chi connectivity index (χ3v) is 5.23. The van der Waals surface area contributed by atoms with Crippen molar-refractivity contribution in [2.24, 2.45) is 11.8 Å². The summed E-state index contributed by atoms with van der Waals surface area (Å²) in [5, 5.41) is 0. The zero-order valence-electron chi connectivity index (χ0n) is 13.4. The molecule has 3 rings (SSSR count). The van der Waals surface area contributed by atoms with Crippen LogP contribution in [0.25, 0.3) is 0 Å². The van der Waals surface area contributed by atoms with Gasteiger partial charge in [-0.1, -0.05) is 13.0 Å². The second kappa shape index (κ2) is 7.22. The minimum atomic E-state index is -1.37. The maximum atomic E-state index is 13.9. The number of rotatable bonds is 3. The smallest absolute Gasteiger partial charge is 0.194 e. The molecule has 0 atom stereocenters. The third-order valence-electron chi connectivity index (χ3n) is 5.23. The highest BCUT2D eigenvalue weighted by atomic mass is 19.2. The Kier molecular flexibility index (Phi) is 5.27. The van der Waals surface area contributed by atoms with Gasteiger partial charge in [-0.3, -0.25) is 0 Å². The van der Waals surface area contributed by atoms with Gasteiger partial charge in [0.1, 0.15) is 0 Å². The van der Waals surface area contributed by atoms with E-state index in [1.54, 1.807) is 0 Å². The Bertz CT molecular complexity index is 533. The summed E-state index contributed by atoms with van der Waals surface area (Å²) in [6.07, 6.45) is 4.07. The van der Waals surface area contributed by atoms with Crippen LogP contribution in [0.5, 0.6) is 0 Å². The van der Waals surface area contributed by atoms with Crippen molar-refractivity contribution >= 4 is 0 Å². The van der Waals surface area contributed by atoms with E-state index in [0.717, 1.165) is 51.4 Å². The zero-order chi connectivity index (χ0) is 16.4. The maximum absolute atomic E-state index is 13.9. The van der Waals surface area contributed by atoms with Crippen molar-refractivity contribution in [2.45, 2.75) is 51.2 Å². The summed E-state index contributed by atoms with van der Waals surface area (Å²) >= 11 is 0. The minimum Gasteiger partial charge on any atom is -0.352 e. The van der Waals surface area contributed by atoms with Gasteiger partial charge in [-0.05, 0) is 49.7 Å². The molecule has 1 heterocycles. The van der Waals surface area contributed by atoms with E-state index in [1.807, 2.05) is 0 Å². The van der Waals surface area contributed by atoms with Gasteiger partial charge in [-0.15, -0.1) is 0 Å². The van der Waals surface area contributed by atoms with Crippen LogP contribution < -0.4 is 0 Å². The second-order valence-electron chi connectivity index (χ2n) is 6.69. The van der Waals surface area contributed by atoms with Crippen molar-refractivity contribution in [3.63, 3.8) is 0 Å². The van der Waals surface area contributed by atoms with Crippen molar-refractivity contribution in [1.29, 1.82) is 0 Å². The van der Waals surface area contributed by atoms with E-state index in [4.69, 9.17) is 9.47 Å². The number of hydrogen-bond donors (Lipinski definition) is 0. The third kappa shape index (κ3) is 3.56. The summed E-state index contributed by atoms with van der Waals surface area (Å²) in [5.74, 6) is -2.82. The fourth-order valence-electron chi connectivity index (χ4n) is 3.62. The molecule has 1 aliphatic carbocycles. The summed E-state index contributed by atoms with van der Waals surface area (Å²) in [5.41, 5.74) is 0.291. The normalized spacial score (nSPS) is 32.0. The largest absolute Gasteiger partial charge is 0.352 e. The Morgan fingerprint density at radius 2 is 1.61 bits per heavy atom. The molecule has 1 saturated heterocycles. The van der Waals surface area contributed by atoms with E-state index in [0.29, 0.717) is 17.4 Å². The van der Waals surface area contributed by atoms with Gasteiger partial charge in [-0.25, -0.2) is 13.2 Å². The average Bonchev–Trinajstić information content (AvgIpc) is 2.60. The summed E-state index contributed by atoms with van der Waals surface area (Å²) < 4.78 is 52.0. The van der Waals surface area contributed by atoms with Gasteiger partial charge in [0, 0.05) is 11.8 Å². The van der Waals surface area contributed by atoms with Crippen molar-refractivity contribution in [3.05, 3.63) is 35.1 Å². The van der Waals surface area contributed by atoms with Crippen LogP contribution in [0.3, 0.4) is 0 Å². The Morgan fingerprint density at radius 3 is 2.22 bits per heavy atom. The lowest BCUT2D eigenvalue weighted by Crippen LogP contribution is -2.38. The second-order valence-corrected chi connectivity index (χ2v) is 6.69. The lowest BCUT2D eigenvalue weighted by molar-refractivity contribution is -0.228. The minimum absolute atomic E-state index is 0.0617. The fraction of sp³-hybridized carbons (Fsp3) is 0.667. The number of halogens is 3. The molecule has 1 aliphatic heterocycles. The van der Waals surface area contributed by atoms with Gasteiger partial charge in [0.15, 0.2) is 23.7 Å². The highest BCUT2D eigenvalue weighted by molar-refractivity contribution is 5.24. The Morgan fingerprint density at radius 1 is 0.957 bits per heavy atom. The van der Waals surface area contributed by atoms with Gasteiger partial charge in [-0.2, -0.15) is 0 Å². The first-order chi connectivity index (χ1) is 11.1. The number of benzene rings is 1. The van der Waals surface area contributed by atoms with Gasteiger partial charge < -0.3 is 9.47 Å². The molecule has 0 aromatic heterocycles. The fourth-order valence-corrected chi connectivity index (χ4v) is 3.62. The Hall–Kier alpha value is -1.07. The van der Waals surface area contributed by atoms with E-state index in [9.17, 15) is 13.2 Å². The van der Waals surface area contributed by atoms with Crippen LogP contribution in [0.1, 0.15) is 50.5 Å². The maximum Gasteiger partial charge on any atom is 0.194 e. The van der Waals surface area contributed by atoms with Crippen molar-refractivity contribution in [2.75, 3.05) is 13.2 Å². The monoisotopic (exact) mass is 328 g/mol. The Balaban J connectivity index is 1.58. The highest BCUT2D eigenvalue weighted by Crippen LogP contribution is 2.40. The topological polar surface area (TPSA) is 18.5 Å². The van der Waals surface area contributed by atoms with Gasteiger partial charge in [0.05, 0.1) is 13.2 Å². The van der Waals surface area contributed by atoms with Crippen LogP contribution in [0.4, 0.5) is 13.2 Å². The predicted octanol–water partition coefficient (Wildman–Crippen LogP) is 4.78. The molecule has 0 radical (unpaired) electrons. The Labute approximate surface area is 135 Å². The standard InChI is InChI=1S/C18H23F3O2/c1-2-11-9-22-18(23-10-11)13-5-3-12(4-6-13)14-7-8-15(19)17(21)16(14)20/h7-8,11-13,18H,2-6,9-10H2,1H3. The van der Waals surface area contributed by atoms with Crippen molar-refractivity contribution in [1.82, 2.24) is 0 Å². The van der Waals surface area contributed by atoms with Crippen LogP contribution in [0, 0.1) is 29.3 Å². The molecule has 2 fully saturated rings. The van der Waals surface area contributed by atoms with E-state index in [1.165, 1.54) is 6.07 Å². The molecule has 1 aromatic rings. The lowest BCUT2D eigenvalue weighted by atomic mass is 9.78. The van der Waals surface area contributed by atoms with Crippen molar-refractivity contribution < 1.29 is 22.6 Å². The number of hydrogen-bond acceptors (Lipinski definition) is 2. The first-order valence-corrected chi connectivity index (χ1v) is 8.46. The highest BCUT2D eigenvalue weighted by Gasteiger charge is 2.33. The molecule has 2 nitrogen and oxygen atoms in total. The summed E-state index contributed by atoms with van der Waals surface area (Å²) in [7, 11) is 0. The zero-order valence-corrected chi connectivity index (χ0v) is 13.4. The summed E-state index contributed by atoms with van der Waals surface area (Å²) in [6.45, 7) is 3.59. The molecule has 2 aliphatic rings.